The zero-order chi connectivity index (χ0) is 14.4. The van der Waals surface area contributed by atoms with E-state index in [-0.39, 0.29) is 5.41 Å². The molecule has 2 rings (SSSR count). The minimum Gasteiger partial charge on any atom is -0.381 e. The van der Waals surface area contributed by atoms with Gasteiger partial charge in [0.15, 0.2) is 0 Å². The van der Waals surface area contributed by atoms with Crippen LogP contribution in [0.1, 0.15) is 45.6 Å². The van der Waals surface area contributed by atoms with Crippen molar-refractivity contribution < 1.29 is 4.74 Å². The summed E-state index contributed by atoms with van der Waals surface area (Å²) in [6.07, 6.45) is 3.65. The van der Waals surface area contributed by atoms with Crippen LogP contribution in [0.15, 0.2) is 30.3 Å². The first-order valence-electron chi connectivity index (χ1n) is 8.03. The lowest BCUT2D eigenvalue weighted by molar-refractivity contribution is 0.0269. The van der Waals surface area contributed by atoms with Crippen LogP contribution in [0.3, 0.4) is 0 Å². The Bertz CT molecular complexity index is 382. The smallest absolute Gasteiger partial charge is 0.0509 e. The van der Waals surface area contributed by atoms with E-state index >= 15 is 0 Å². The maximum atomic E-state index is 5.73. The van der Waals surface area contributed by atoms with E-state index in [1.54, 1.807) is 0 Å². The number of rotatable bonds is 6. The first-order chi connectivity index (χ1) is 9.66. The van der Waals surface area contributed by atoms with Crippen LogP contribution in [0.4, 0.5) is 0 Å². The molecule has 0 radical (unpaired) electrons. The van der Waals surface area contributed by atoms with Crippen molar-refractivity contribution in [3.05, 3.63) is 35.9 Å². The molecule has 112 valence electrons. The zero-order valence-corrected chi connectivity index (χ0v) is 13.2. The first kappa shape index (κ1) is 15.5. The highest BCUT2D eigenvalue weighted by molar-refractivity contribution is 5.26. The number of ether oxygens (including phenoxy) is 1. The minimum atomic E-state index is 0.127. The van der Waals surface area contributed by atoms with Crippen LogP contribution >= 0.6 is 0 Å². The summed E-state index contributed by atoms with van der Waals surface area (Å²) < 4.78 is 5.73. The summed E-state index contributed by atoms with van der Waals surface area (Å²) in [5.74, 6) is 0.616. The molecular formula is C18H29NO. The Morgan fingerprint density at radius 2 is 2.05 bits per heavy atom. The summed E-state index contributed by atoms with van der Waals surface area (Å²) >= 11 is 0. The van der Waals surface area contributed by atoms with Gasteiger partial charge in [0.1, 0.15) is 0 Å². The molecule has 0 amide bonds. The Labute approximate surface area is 123 Å². The van der Waals surface area contributed by atoms with Crippen LogP contribution in [0.25, 0.3) is 0 Å². The average molecular weight is 275 g/mol. The lowest BCUT2D eigenvalue weighted by atomic mass is 9.71. The molecule has 0 aromatic heterocycles. The fourth-order valence-electron chi connectivity index (χ4n) is 3.39. The van der Waals surface area contributed by atoms with Crippen molar-refractivity contribution in [2.75, 3.05) is 19.8 Å². The van der Waals surface area contributed by atoms with Crippen molar-refractivity contribution in [1.82, 2.24) is 5.32 Å². The summed E-state index contributed by atoms with van der Waals surface area (Å²) in [6.45, 7) is 9.88. The SMILES string of the molecule is CCCNC(C1CCCOC1)C(C)(C)c1ccccc1. The van der Waals surface area contributed by atoms with Gasteiger partial charge in [-0.15, -0.1) is 0 Å². The fraction of sp³-hybridized carbons (Fsp3) is 0.667. The van der Waals surface area contributed by atoms with E-state index in [4.69, 9.17) is 4.74 Å². The number of hydrogen-bond acceptors (Lipinski definition) is 2. The molecule has 1 aromatic rings. The Kier molecular flexibility index (Phi) is 5.62. The first-order valence-corrected chi connectivity index (χ1v) is 8.03. The van der Waals surface area contributed by atoms with Gasteiger partial charge in [0.25, 0.3) is 0 Å². The minimum absolute atomic E-state index is 0.127. The molecule has 20 heavy (non-hydrogen) atoms. The van der Waals surface area contributed by atoms with Crippen LogP contribution in [0.2, 0.25) is 0 Å². The molecule has 1 fully saturated rings. The van der Waals surface area contributed by atoms with E-state index in [9.17, 15) is 0 Å². The average Bonchev–Trinajstić information content (AvgIpc) is 2.49. The molecule has 1 aliphatic heterocycles. The van der Waals surface area contributed by atoms with Crippen molar-refractivity contribution in [3.8, 4) is 0 Å². The van der Waals surface area contributed by atoms with Crippen molar-refractivity contribution in [2.24, 2.45) is 5.92 Å². The number of nitrogens with one attached hydrogen (secondary N) is 1. The molecule has 1 aromatic carbocycles. The monoisotopic (exact) mass is 275 g/mol. The fourth-order valence-corrected chi connectivity index (χ4v) is 3.39. The second kappa shape index (κ2) is 7.24. The van der Waals surface area contributed by atoms with E-state index < -0.39 is 0 Å². The van der Waals surface area contributed by atoms with Gasteiger partial charge in [-0.1, -0.05) is 51.1 Å². The third-order valence-corrected chi connectivity index (χ3v) is 4.58. The summed E-state index contributed by atoms with van der Waals surface area (Å²) in [5, 5.41) is 3.80. The van der Waals surface area contributed by atoms with Crippen molar-refractivity contribution in [1.29, 1.82) is 0 Å². The molecular weight excluding hydrogens is 246 g/mol. The second-order valence-electron chi connectivity index (χ2n) is 6.50. The third-order valence-electron chi connectivity index (χ3n) is 4.58. The summed E-state index contributed by atoms with van der Waals surface area (Å²) in [7, 11) is 0. The van der Waals surface area contributed by atoms with E-state index in [0.29, 0.717) is 12.0 Å². The topological polar surface area (TPSA) is 21.3 Å². The van der Waals surface area contributed by atoms with Gasteiger partial charge >= 0.3 is 0 Å². The van der Waals surface area contributed by atoms with Crippen LogP contribution in [0, 0.1) is 5.92 Å². The van der Waals surface area contributed by atoms with Crippen LogP contribution in [0.5, 0.6) is 0 Å². The predicted octanol–water partition coefficient (Wildman–Crippen LogP) is 3.76. The zero-order valence-electron chi connectivity index (χ0n) is 13.2. The van der Waals surface area contributed by atoms with Crippen LogP contribution in [-0.4, -0.2) is 25.8 Å². The van der Waals surface area contributed by atoms with Gasteiger partial charge in [-0.2, -0.15) is 0 Å². The lowest BCUT2D eigenvalue weighted by Gasteiger charge is -2.42. The van der Waals surface area contributed by atoms with Crippen LogP contribution < -0.4 is 5.32 Å². The van der Waals surface area contributed by atoms with Crippen molar-refractivity contribution in [2.45, 2.75) is 51.5 Å². The molecule has 0 bridgehead atoms. The van der Waals surface area contributed by atoms with Gasteiger partial charge in [-0.05, 0) is 37.3 Å². The van der Waals surface area contributed by atoms with E-state index in [2.05, 4.69) is 56.4 Å². The van der Waals surface area contributed by atoms with E-state index in [1.807, 2.05) is 0 Å². The summed E-state index contributed by atoms with van der Waals surface area (Å²) in [6, 6.07) is 11.4. The summed E-state index contributed by atoms with van der Waals surface area (Å²) in [5.41, 5.74) is 1.54. The van der Waals surface area contributed by atoms with Gasteiger partial charge in [0, 0.05) is 18.1 Å². The van der Waals surface area contributed by atoms with Crippen molar-refractivity contribution in [3.63, 3.8) is 0 Å². The molecule has 2 nitrogen and oxygen atoms in total. The van der Waals surface area contributed by atoms with Gasteiger partial charge in [0.05, 0.1) is 6.61 Å². The third kappa shape index (κ3) is 3.62. The van der Waals surface area contributed by atoms with Gasteiger partial charge < -0.3 is 10.1 Å². The maximum Gasteiger partial charge on any atom is 0.0509 e. The van der Waals surface area contributed by atoms with E-state index in [1.165, 1.54) is 24.8 Å². The Morgan fingerprint density at radius 3 is 2.65 bits per heavy atom. The number of hydrogen-bond donors (Lipinski definition) is 1. The maximum absolute atomic E-state index is 5.73. The predicted molar refractivity (Wildman–Crippen MR) is 85.1 cm³/mol. The summed E-state index contributed by atoms with van der Waals surface area (Å²) in [4.78, 5) is 0. The number of benzene rings is 1. The molecule has 2 heteroatoms. The molecule has 2 atom stereocenters. The van der Waals surface area contributed by atoms with Crippen LogP contribution in [-0.2, 0) is 10.2 Å². The molecule has 1 N–H and O–H groups in total. The molecule has 1 heterocycles. The standard InChI is InChI=1S/C18H29NO/c1-4-12-19-17(15-9-8-13-20-14-15)18(2,3)16-10-6-5-7-11-16/h5-7,10-11,15,17,19H,4,8-9,12-14H2,1-3H3. The normalized spacial score (nSPS) is 21.6. The molecule has 0 saturated carbocycles. The van der Waals surface area contributed by atoms with Gasteiger partial charge in [0.2, 0.25) is 0 Å². The highest BCUT2D eigenvalue weighted by Gasteiger charge is 2.37. The largest absolute Gasteiger partial charge is 0.381 e. The van der Waals surface area contributed by atoms with Crippen molar-refractivity contribution >= 4 is 0 Å². The Morgan fingerprint density at radius 1 is 1.30 bits per heavy atom. The highest BCUT2D eigenvalue weighted by atomic mass is 16.5. The molecule has 1 saturated heterocycles. The molecule has 0 aliphatic carbocycles. The molecule has 1 aliphatic rings. The van der Waals surface area contributed by atoms with Gasteiger partial charge in [-0.3, -0.25) is 0 Å². The lowest BCUT2D eigenvalue weighted by Crippen LogP contribution is -2.52. The quantitative estimate of drug-likeness (QED) is 0.853. The van der Waals surface area contributed by atoms with E-state index in [0.717, 1.165) is 19.8 Å². The highest BCUT2D eigenvalue weighted by Crippen LogP contribution is 2.34. The molecule has 2 unspecified atom stereocenters. The van der Waals surface area contributed by atoms with Gasteiger partial charge in [-0.25, -0.2) is 0 Å². The molecule has 0 spiro atoms. The Hall–Kier alpha value is -0.860. The second-order valence-corrected chi connectivity index (χ2v) is 6.50. The Balaban J connectivity index is 2.19.